The molecule has 30 heavy (non-hydrogen) atoms. The van der Waals surface area contributed by atoms with E-state index in [0.29, 0.717) is 22.6 Å². The lowest BCUT2D eigenvalue weighted by molar-refractivity contribution is -0.130. The lowest BCUT2D eigenvalue weighted by Gasteiger charge is -2.43. The fourth-order valence-corrected chi connectivity index (χ4v) is 2.99. The van der Waals surface area contributed by atoms with Crippen molar-refractivity contribution in [2.45, 2.75) is 52.4 Å². The van der Waals surface area contributed by atoms with Gasteiger partial charge in [0.15, 0.2) is 0 Å². The van der Waals surface area contributed by atoms with E-state index in [4.69, 9.17) is 9.47 Å². The van der Waals surface area contributed by atoms with Gasteiger partial charge in [-0.15, -0.1) is 0 Å². The van der Waals surface area contributed by atoms with Gasteiger partial charge >= 0.3 is 11.9 Å². The molecule has 0 radical (unpaired) electrons. The number of ether oxygens (including phenoxy) is 2. The average molecular weight is 407 g/mol. The Morgan fingerprint density at radius 3 is 1.13 bits per heavy atom. The van der Waals surface area contributed by atoms with E-state index in [1.54, 1.807) is 38.1 Å². The topological polar surface area (TPSA) is 52.6 Å². The second-order valence-corrected chi connectivity index (χ2v) is 8.64. The Labute approximate surface area is 179 Å². The number of benzene rings is 2. The van der Waals surface area contributed by atoms with Crippen molar-refractivity contribution in [1.82, 2.24) is 0 Å². The lowest BCUT2D eigenvalue weighted by atomic mass is 9.61. The first-order chi connectivity index (χ1) is 13.9. The van der Waals surface area contributed by atoms with Crippen LogP contribution in [0, 0.1) is 0 Å². The summed E-state index contributed by atoms with van der Waals surface area (Å²) >= 11 is 0. The maximum Gasteiger partial charge on any atom is 0.338 e. The molecule has 4 nitrogen and oxygen atoms in total. The summed E-state index contributed by atoms with van der Waals surface area (Å²) < 4.78 is 10.6. The van der Waals surface area contributed by atoms with Crippen molar-refractivity contribution in [2.24, 2.45) is 0 Å². The van der Waals surface area contributed by atoms with E-state index in [0.717, 1.165) is 11.1 Å². The van der Waals surface area contributed by atoms with Crippen molar-refractivity contribution in [3.63, 3.8) is 0 Å². The van der Waals surface area contributed by atoms with Crippen LogP contribution in [0.25, 0.3) is 0 Å². The second-order valence-electron chi connectivity index (χ2n) is 8.64. The molecule has 0 heterocycles. The molecule has 0 atom stereocenters. The first-order valence-electron chi connectivity index (χ1n) is 9.82. The lowest BCUT2D eigenvalue weighted by Crippen LogP contribution is -2.40. The van der Waals surface area contributed by atoms with Crippen molar-refractivity contribution < 1.29 is 19.1 Å². The SMILES string of the molecule is C=C(C)C(=O)Oc1ccc(C(C)(C)C(C)(C)c2ccc(OC(=O)C(=C)C)cc2)cc1. The van der Waals surface area contributed by atoms with Gasteiger partial charge in [0, 0.05) is 11.1 Å². The van der Waals surface area contributed by atoms with Crippen molar-refractivity contribution in [3.8, 4) is 11.5 Å². The summed E-state index contributed by atoms with van der Waals surface area (Å²) in [4.78, 5) is 23.4. The van der Waals surface area contributed by atoms with Crippen LogP contribution in [0.4, 0.5) is 0 Å². The van der Waals surface area contributed by atoms with E-state index in [1.165, 1.54) is 0 Å². The van der Waals surface area contributed by atoms with Crippen LogP contribution in [-0.4, -0.2) is 11.9 Å². The molecule has 4 heteroatoms. The molecule has 0 aliphatic carbocycles. The van der Waals surface area contributed by atoms with E-state index in [-0.39, 0.29) is 10.8 Å². The van der Waals surface area contributed by atoms with Gasteiger partial charge in [0.1, 0.15) is 11.5 Å². The zero-order chi connectivity index (χ0) is 22.7. The quantitative estimate of drug-likeness (QED) is 0.326. The van der Waals surface area contributed by atoms with Gasteiger partial charge in [0.2, 0.25) is 0 Å². The fourth-order valence-electron chi connectivity index (χ4n) is 2.99. The van der Waals surface area contributed by atoms with Crippen molar-refractivity contribution in [2.75, 3.05) is 0 Å². The Morgan fingerprint density at radius 1 is 0.633 bits per heavy atom. The van der Waals surface area contributed by atoms with Crippen LogP contribution in [-0.2, 0) is 20.4 Å². The van der Waals surface area contributed by atoms with E-state index >= 15 is 0 Å². The van der Waals surface area contributed by atoms with Gasteiger partial charge in [-0.1, -0.05) is 65.1 Å². The third-order valence-corrected chi connectivity index (χ3v) is 5.83. The smallest absolute Gasteiger partial charge is 0.338 e. The molecule has 0 unspecified atom stereocenters. The Kier molecular flexibility index (Phi) is 6.71. The number of carbonyl (C=O) groups excluding carboxylic acids is 2. The molecule has 2 aromatic rings. The maximum absolute atomic E-state index is 11.7. The van der Waals surface area contributed by atoms with Crippen molar-refractivity contribution in [3.05, 3.63) is 84.0 Å². The van der Waals surface area contributed by atoms with Crippen molar-refractivity contribution in [1.29, 1.82) is 0 Å². The molecule has 0 spiro atoms. The first-order valence-corrected chi connectivity index (χ1v) is 9.82. The van der Waals surface area contributed by atoms with Crippen LogP contribution in [0.15, 0.2) is 72.8 Å². The molecule has 0 aliphatic rings. The van der Waals surface area contributed by atoms with E-state index in [2.05, 4.69) is 40.9 Å². The molecular weight excluding hydrogens is 376 g/mol. The van der Waals surface area contributed by atoms with Gasteiger partial charge in [0.05, 0.1) is 0 Å². The molecule has 0 saturated carbocycles. The molecule has 158 valence electrons. The molecule has 0 aliphatic heterocycles. The number of carbonyl (C=O) groups is 2. The zero-order valence-corrected chi connectivity index (χ0v) is 18.7. The fraction of sp³-hybridized carbons (Fsp3) is 0.308. The summed E-state index contributed by atoms with van der Waals surface area (Å²) in [7, 11) is 0. The van der Waals surface area contributed by atoms with Crippen LogP contribution in [0.1, 0.15) is 52.7 Å². The van der Waals surface area contributed by atoms with Gasteiger partial charge in [0.25, 0.3) is 0 Å². The van der Waals surface area contributed by atoms with Gasteiger partial charge in [-0.3, -0.25) is 0 Å². The van der Waals surface area contributed by atoms with Crippen LogP contribution in [0.2, 0.25) is 0 Å². The summed E-state index contributed by atoms with van der Waals surface area (Å²) in [6.45, 7) is 19.1. The van der Waals surface area contributed by atoms with Gasteiger partial charge < -0.3 is 9.47 Å². The third-order valence-electron chi connectivity index (χ3n) is 5.83. The van der Waals surface area contributed by atoms with Crippen LogP contribution in [0.3, 0.4) is 0 Å². The predicted molar refractivity (Wildman–Crippen MR) is 120 cm³/mol. The minimum absolute atomic E-state index is 0.236. The van der Waals surface area contributed by atoms with Crippen LogP contribution in [0.5, 0.6) is 11.5 Å². The molecule has 2 rings (SSSR count). The highest BCUT2D eigenvalue weighted by molar-refractivity contribution is 5.89. The second kappa shape index (κ2) is 8.70. The van der Waals surface area contributed by atoms with Crippen LogP contribution < -0.4 is 9.47 Å². The Morgan fingerprint density at radius 2 is 0.900 bits per heavy atom. The first kappa shape index (κ1) is 23.1. The minimum atomic E-state index is -0.435. The van der Waals surface area contributed by atoms with Gasteiger partial charge in [-0.25, -0.2) is 9.59 Å². The normalized spacial score (nSPS) is 11.5. The van der Waals surface area contributed by atoms with E-state index < -0.39 is 11.9 Å². The molecule has 2 aromatic carbocycles. The number of esters is 2. The summed E-state index contributed by atoms with van der Waals surface area (Å²) in [6, 6.07) is 15.1. The Balaban J connectivity index is 2.25. The van der Waals surface area contributed by atoms with Gasteiger partial charge in [-0.2, -0.15) is 0 Å². The van der Waals surface area contributed by atoms with E-state index in [1.807, 2.05) is 24.3 Å². The predicted octanol–water partition coefficient (Wildman–Crippen LogP) is 5.91. The van der Waals surface area contributed by atoms with Crippen LogP contribution >= 0.6 is 0 Å². The molecule has 0 saturated heterocycles. The van der Waals surface area contributed by atoms with Crippen molar-refractivity contribution >= 4 is 11.9 Å². The molecule has 0 aromatic heterocycles. The standard InChI is InChI=1S/C26H30O4/c1-17(2)23(27)29-21-13-9-19(10-14-21)25(5,6)26(7,8)20-11-15-22(16-12-20)30-24(28)18(3)4/h9-16H,1,3H2,2,4-8H3. The largest absolute Gasteiger partial charge is 0.423 e. The Bertz CT molecular complexity index is 880. The minimum Gasteiger partial charge on any atom is -0.423 e. The zero-order valence-electron chi connectivity index (χ0n) is 18.7. The monoisotopic (exact) mass is 406 g/mol. The summed E-state index contributed by atoms with van der Waals surface area (Å²) in [6.07, 6.45) is 0. The summed E-state index contributed by atoms with van der Waals surface area (Å²) in [5, 5.41) is 0. The average Bonchev–Trinajstić information content (AvgIpc) is 2.68. The van der Waals surface area contributed by atoms with Gasteiger partial charge in [-0.05, 0) is 60.1 Å². The number of hydrogen-bond acceptors (Lipinski definition) is 4. The number of hydrogen-bond donors (Lipinski definition) is 0. The number of rotatable bonds is 7. The summed E-state index contributed by atoms with van der Waals surface area (Å²) in [5.74, 6) is 0.109. The third kappa shape index (κ3) is 4.88. The molecular formula is C26H30O4. The molecule has 0 amide bonds. The molecule has 0 bridgehead atoms. The maximum atomic E-state index is 11.7. The highest BCUT2D eigenvalue weighted by Crippen LogP contribution is 2.44. The molecule has 0 N–H and O–H groups in total. The highest BCUT2D eigenvalue weighted by Gasteiger charge is 2.39. The highest BCUT2D eigenvalue weighted by atomic mass is 16.5. The molecule has 0 fully saturated rings. The van der Waals surface area contributed by atoms with E-state index in [9.17, 15) is 9.59 Å². The Hall–Kier alpha value is -3.14. The summed E-state index contributed by atoms with van der Waals surface area (Å²) in [5.41, 5.74) is 2.47.